The van der Waals surface area contributed by atoms with E-state index >= 15 is 0 Å². The second-order valence-corrected chi connectivity index (χ2v) is 6.62. The Morgan fingerprint density at radius 1 is 1.09 bits per heavy atom. The molecule has 0 saturated heterocycles. The first-order valence-corrected chi connectivity index (χ1v) is 7.38. The lowest BCUT2D eigenvalue weighted by atomic mass is 9.85. The monoisotopic (exact) mass is 296 g/mol. The van der Waals surface area contributed by atoms with Crippen LogP contribution in [-0.2, 0) is 0 Å². The minimum Gasteiger partial charge on any atom is -0.362 e. The SMILES string of the molecule is CC(C)(C)C[C@@H](Nc1ccc2nnnn2n1)c1ccccc1. The standard InChI is InChI=1S/C16H20N6/c1-16(2,3)11-13(12-7-5-4-6-8-12)17-14-9-10-15-18-20-21-22(15)19-14/h4-10,13H,11H2,1-3H3,(H,17,19)/t13-/m1/s1. The van der Waals surface area contributed by atoms with Gasteiger partial charge < -0.3 is 5.32 Å². The molecule has 3 aromatic rings. The summed E-state index contributed by atoms with van der Waals surface area (Å²) in [6.45, 7) is 6.72. The van der Waals surface area contributed by atoms with Crippen LogP contribution in [0.25, 0.3) is 5.65 Å². The molecule has 1 aromatic carbocycles. The molecule has 22 heavy (non-hydrogen) atoms. The van der Waals surface area contributed by atoms with Gasteiger partial charge in [-0.05, 0) is 40.0 Å². The molecule has 0 aliphatic heterocycles. The predicted molar refractivity (Wildman–Crippen MR) is 85.5 cm³/mol. The zero-order valence-electron chi connectivity index (χ0n) is 13.1. The number of aromatic nitrogens is 5. The maximum Gasteiger partial charge on any atom is 0.200 e. The molecule has 0 aliphatic rings. The van der Waals surface area contributed by atoms with E-state index in [0.717, 1.165) is 12.2 Å². The van der Waals surface area contributed by atoms with Crippen LogP contribution in [0.15, 0.2) is 42.5 Å². The molecular formula is C16H20N6. The third-order valence-corrected chi connectivity index (χ3v) is 3.41. The van der Waals surface area contributed by atoms with Gasteiger partial charge in [-0.3, -0.25) is 0 Å². The summed E-state index contributed by atoms with van der Waals surface area (Å²) in [5.41, 5.74) is 2.08. The molecule has 1 N–H and O–H groups in total. The van der Waals surface area contributed by atoms with Gasteiger partial charge in [-0.2, -0.15) is 0 Å². The fraction of sp³-hybridized carbons (Fsp3) is 0.375. The highest BCUT2D eigenvalue weighted by atomic mass is 15.6. The van der Waals surface area contributed by atoms with Gasteiger partial charge >= 0.3 is 0 Å². The van der Waals surface area contributed by atoms with E-state index in [2.05, 4.69) is 71.0 Å². The summed E-state index contributed by atoms with van der Waals surface area (Å²) in [7, 11) is 0. The number of anilines is 1. The van der Waals surface area contributed by atoms with E-state index in [-0.39, 0.29) is 11.5 Å². The third-order valence-electron chi connectivity index (χ3n) is 3.41. The summed E-state index contributed by atoms with van der Waals surface area (Å²) in [5.74, 6) is 0.762. The number of nitrogens with one attached hydrogen (secondary N) is 1. The van der Waals surface area contributed by atoms with E-state index in [9.17, 15) is 0 Å². The van der Waals surface area contributed by atoms with E-state index in [1.165, 1.54) is 10.2 Å². The van der Waals surface area contributed by atoms with Gasteiger partial charge in [-0.1, -0.05) is 51.1 Å². The van der Waals surface area contributed by atoms with Crippen LogP contribution >= 0.6 is 0 Å². The molecule has 6 heteroatoms. The largest absolute Gasteiger partial charge is 0.362 e. The molecule has 0 aliphatic carbocycles. The van der Waals surface area contributed by atoms with Crippen molar-refractivity contribution in [1.29, 1.82) is 0 Å². The summed E-state index contributed by atoms with van der Waals surface area (Å²) in [4.78, 5) is 0. The first-order valence-electron chi connectivity index (χ1n) is 7.38. The Labute approximate surface area is 129 Å². The van der Waals surface area contributed by atoms with Gasteiger partial charge in [0, 0.05) is 0 Å². The van der Waals surface area contributed by atoms with E-state index in [4.69, 9.17) is 0 Å². The second kappa shape index (κ2) is 5.71. The van der Waals surface area contributed by atoms with Crippen LogP contribution in [0.1, 0.15) is 38.8 Å². The Morgan fingerprint density at radius 2 is 1.86 bits per heavy atom. The molecular weight excluding hydrogens is 276 g/mol. The van der Waals surface area contributed by atoms with Gasteiger partial charge in [0.1, 0.15) is 5.82 Å². The molecule has 0 spiro atoms. The maximum absolute atomic E-state index is 4.40. The van der Waals surface area contributed by atoms with E-state index in [0.29, 0.717) is 5.65 Å². The van der Waals surface area contributed by atoms with Crippen LogP contribution in [0.5, 0.6) is 0 Å². The Morgan fingerprint density at radius 3 is 2.59 bits per heavy atom. The third kappa shape index (κ3) is 3.39. The highest BCUT2D eigenvalue weighted by Gasteiger charge is 2.20. The smallest absolute Gasteiger partial charge is 0.200 e. The van der Waals surface area contributed by atoms with E-state index in [1.807, 2.05) is 18.2 Å². The number of tetrazole rings is 1. The second-order valence-electron chi connectivity index (χ2n) is 6.62. The Hall–Kier alpha value is -2.50. The van der Waals surface area contributed by atoms with Gasteiger partial charge in [0.15, 0.2) is 5.65 Å². The molecule has 2 aromatic heterocycles. The van der Waals surface area contributed by atoms with Gasteiger partial charge in [0.05, 0.1) is 6.04 Å². The number of hydrogen-bond donors (Lipinski definition) is 1. The quantitative estimate of drug-likeness (QED) is 0.801. The van der Waals surface area contributed by atoms with Gasteiger partial charge in [-0.15, -0.1) is 14.8 Å². The molecule has 1 atom stereocenters. The minimum absolute atomic E-state index is 0.183. The predicted octanol–water partition coefficient (Wildman–Crippen LogP) is 3.11. The molecule has 3 rings (SSSR count). The van der Waals surface area contributed by atoms with Crippen LogP contribution in [-0.4, -0.2) is 25.3 Å². The number of hydrogen-bond acceptors (Lipinski definition) is 5. The minimum atomic E-state index is 0.183. The van der Waals surface area contributed by atoms with Gasteiger partial charge in [-0.25, -0.2) is 0 Å². The van der Waals surface area contributed by atoms with Crippen molar-refractivity contribution in [3.63, 3.8) is 0 Å². The fourth-order valence-corrected chi connectivity index (χ4v) is 2.46. The molecule has 0 unspecified atom stereocenters. The topological polar surface area (TPSA) is 68.0 Å². The zero-order chi connectivity index (χ0) is 15.6. The van der Waals surface area contributed by atoms with Crippen molar-refractivity contribution in [3.8, 4) is 0 Å². The molecule has 6 nitrogen and oxygen atoms in total. The summed E-state index contributed by atoms with van der Waals surface area (Å²) >= 11 is 0. The van der Waals surface area contributed by atoms with Crippen molar-refractivity contribution in [2.24, 2.45) is 5.41 Å². The molecule has 0 fully saturated rings. The number of nitrogens with zero attached hydrogens (tertiary/aromatic N) is 5. The normalized spacial score (nSPS) is 13.2. The lowest BCUT2D eigenvalue weighted by Gasteiger charge is -2.27. The van der Waals surface area contributed by atoms with Crippen molar-refractivity contribution in [2.45, 2.75) is 33.2 Å². The average Bonchev–Trinajstić information content (AvgIpc) is 2.94. The van der Waals surface area contributed by atoms with E-state index in [1.54, 1.807) is 0 Å². The van der Waals surface area contributed by atoms with Crippen molar-refractivity contribution in [1.82, 2.24) is 25.3 Å². The Bertz CT molecular complexity index is 744. The van der Waals surface area contributed by atoms with Crippen molar-refractivity contribution in [3.05, 3.63) is 48.0 Å². The summed E-state index contributed by atoms with van der Waals surface area (Å²) in [6, 6.07) is 14.4. The van der Waals surface area contributed by atoms with Gasteiger partial charge in [0.2, 0.25) is 0 Å². The van der Waals surface area contributed by atoms with Crippen LogP contribution in [0.4, 0.5) is 5.82 Å². The van der Waals surface area contributed by atoms with Crippen molar-refractivity contribution < 1.29 is 0 Å². The van der Waals surface area contributed by atoms with E-state index < -0.39 is 0 Å². The van der Waals surface area contributed by atoms with Crippen LogP contribution in [0.2, 0.25) is 0 Å². The van der Waals surface area contributed by atoms with Crippen LogP contribution < -0.4 is 5.32 Å². The lowest BCUT2D eigenvalue weighted by Crippen LogP contribution is -2.19. The maximum atomic E-state index is 4.40. The molecule has 0 radical (unpaired) electrons. The molecule has 114 valence electrons. The average molecular weight is 296 g/mol. The zero-order valence-corrected chi connectivity index (χ0v) is 13.1. The first kappa shape index (κ1) is 14.4. The first-order chi connectivity index (χ1) is 10.5. The van der Waals surface area contributed by atoms with Crippen LogP contribution in [0, 0.1) is 5.41 Å². The van der Waals surface area contributed by atoms with Crippen LogP contribution in [0.3, 0.4) is 0 Å². The highest BCUT2D eigenvalue weighted by Crippen LogP contribution is 2.31. The van der Waals surface area contributed by atoms with Crippen molar-refractivity contribution >= 4 is 11.5 Å². The number of rotatable bonds is 4. The molecule has 0 saturated carbocycles. The number of fused-ring (bicyclic) bond motifs is 1. The van der Waals surface area contributed by atoms with Gasteiger partial charge in [0.25, 0.3) is 0 Å². The summed E-state index contributed by atoms with van der Waals surface area (Å²) < 4.78 is 1.43. The molecule has 2 heterocycles. The summed E-state index contributed by atoms with van der Waals surface area (Å²) in [6.07, 6.45) is 0.992. The molecule has 0 amide bonds. The fourth-order valence-electron chi connectivity index (χ4n) is 2.46. The lowest BCUT2D eigenvalue weighted by molar-refractivity contribution is 0.352. The Kier molecular flexibility index (Phi) is 3.75. The van der Waals surface area contributed by atoms with Crippen molar-refractivity contribution in [2.75, 3.05) is 5.32 Å². The number of benzene rings is 1. The Balaban J connectivity index is 1.88. The highest BCUT2D eigenvalue weighted by molar-refractivity contribution is 5.44. The summed E-state index contributed by atoms with van der Waals surface area (Å²) in [5, 5.41) is 19.2. The molecule has 0 bridgehead atoms.